The van der Waals surface area contributed by atoms with Gasteiger partial charge in [0.25, 0.3) is 5.91 Å². The van der Waals surface area contributed by atoms with E-state index < -0.39 is 0 Å². The van der Waals surface area contributed by atoms with E-state index in [1.54, 1.807) is 11.3 Å². The molecule has 2 heterocycles. The Kier molecular flexibility index (Phi) is 1.08. The average molecular weight is 153 g/mol. The van der Waals surface area contributed by atoms with Gasteiger partial charge < -0.3 is 5.32 Å². The predicted molar refractivity (Wildman–Crippen MR) is 40.2 cm³/mol. The van der Waals surface area contributed by atoms with E-state index in [0.29, 0.717) is 0 Å². The number of carbonyl (C=O) groups excluding carboxylic acids is 1. The Morgan fingerprint density at radius 2 is 2.50 bits per heavy atom. The number of amides is 1. The van der Waals surface area contributed by atoms with Gasteiger partial charge in [-0.15, -0.1) is 11.3 Å². The normalized spacial score (nSPS) is 15.1. The molecule has 10 heavy (non-hydrogen) atoms. The highest BCUT2D eigenvalue weighted by Gasteiger charge is 2.20. The summed E-state index contributed by atoms with van der Waals surface area (Å²) in [4.78, 5) is 13.1. The van der Waals surface area contributed by atoms with E-state index in [1.807, 2.05) is 6.92 Å². The fourth-order valence-corrected chi connectivity index (χ4v) is 2.10. The molecule has 1 amide bonds. The van der Waals surface area contributed by atoms with Gasteiger partial charge in [0.1, 0.15) is 0 Å². The molecule has 3 heteroatoms. The van der Waals surface area contributed by atoms with Crippen LogP contribution in [0.2, 0.25) is 0 Å². The topological polar surface area (TPSA) is 29.1 Å². The smallest absolute Gasteiger partial charge is 0.261 e. The number of carbonyl (C=O) groups is 1. The third-order valence-electron chi connectivity index (χ3n) is 1.58. The Hall–Kier alpha value is -0.830. The minimum Gasteiger partial charge on any atom is -0.347 e. The van der Waals surface area contributed by atoms with Gasteiger partial charge in [0, 0.05) is 11.4 Å². The van der Waals surface area contributed by atoms with Crippen molar-refractivity contribution in [1.29, 1.82) is 0 Å². The van der Waals surface area contributed by atoms with Crippen molar-refractivity contribution in [3.63, 3.8) is 0 Å². The lowest BCUT2D eigenvalue weighted by Gasteiger charge is -1.86. The van der Waals surface area contributed by atoms with Crippen molar-refractivity contribution in [2.24, 2.45) is 0 Å². The standard InChI is InChI=1S/C7H7NOS/c1-4-2-5-3-8-7(9)6(5)10-4/h2H,3H2,1H3,(H,8,9). The van der Waals surface area contributed by atoms with Crippen molar-refractivity contribution in [3.8, 4) is 0 Å². The highest BCUT2D eigenvalue weighted by Crippen LogP contribution is 2.25. The molecule has 0 unspecified atom stereocenters. The molecule has 2 rings (SSSR count). The van der Waals surface area contributed by atoms with Gasteiger partial charge in [-0.25, -0.2) is 0 Å². The van der Waals surface area contributed by atoms with Gasteiger partial charge in [0.15, 0.2) is 0 Å². The van der Waals surface area contributed by atoms with Crippen LogP contribution in [0, 0.1) is 6.92 Å². The van der Waals surface area contributed by atoms with Crippen LogP contribution in [-0.4, -0.2) is 5.91 Å². The number of hydrogen-bond donors (Lipinski definition) is 1. The second-order valence-electron chi connectivity index (χ2n) is 2.39. The summed E-state index contributed by atoms with van der Waals surface area (Å²) in [5, 5.41) is 2.76. The van der Waals surface area contributed by atoms with Crippen molar-refractivity contribution in [3.05, 3.63) is 21.4 Å². The van der Waals surface area contributed by atoms with Crippen molar-refractivity contribution in [1.82, 2.24) is 5.32 Å². The fourth-order valence-electron chi connectivity index (χ4n) is 1.15. The number of nitrogens with one attached hydrogen (secondary N) is 1. The SMILES string of the molecule is Cc1cc2c(s1)C(=O)NC2. The van der Waals surface area contributed by atoms with E-state index in [-0.39, 0.29) is 5.91 Å². The number of thiophene rings is 1. The van der Waals surface area contributed by atoms with Gasteiger partial charge >= 0.3 is 0 Å². The molecule has 0 spiro atoms. The maximum atomic E-state index is 11.0. The van der Waals surface area contributed by atoms with E-state index in [9.17, 15) is 4.79 Å². The summed E-state index contributed by atoms with van der Waals surface area (Å²) in [6.07, 6.45) is 0. The maximum absolute atomic E-state index is 11.0. The Bertz CT molecular complexity index is 290. The van der Waals surface area contributed by atoms with Crippen LogP contribution in [0.5, 0.6) is 0 Å². The van der Waals surface area contributed by atoms with Crippen LogP contribution >= 0.6 is 11.3 Å². The summed E-state index contributed by atoms with van der Waals surface area (Å²) < 4.78 is 0. The summed E-state index contributed by atoms with van der Waals surface area (Å²) >= 11 is 1.57. The molecule has 1 aromatic heterocycles. The molecule has 0 fully saturated rings. The van der Waals surface area contributed by atoms with Crippen LogP contribution in [0.15, 0.2) is 6.07 Å². The third-order valence-corrected chi connectivity index (χ3v) is 2.67. The van der Waals surface area contributed by atoms with Crippen LogP contribution in [0.1, 0.15) is 20.1 Å². The zero-order valence-electron chi connectivity index (χ0n) is 5.60. The van der Waals surface area contributed by atoms with E-state index in [0.717, 1.165) is 17.0 Å². The number of fused-ring (bicyclic) bond motifs is 1. The Balaban J connectivity index is 2.59. The van der Waals surface area contributed by atoms with Crippen LogP contribution in [-0.2, 0) is 6.54 Å². The van der Waals surface area contributed by atoms with Gasteiger partial charge in [-0.1, -0.05) is 0 Å². The molecule has 0 aromatic carbocycles. The van der Waals surface area contributed by atoms with Crippen molar-refractivity contribution >= 4 is 17.2 Å². The molecule has 1 aromatic rings. The lowest BCUT2D eigenvalue weighted by atomic mass is 10.3. The van der Waals surface area contributed by atoms with Crippen molar-refractivity contribution in [2.45, 2.75) is 13.5 Å². The first-order chi connectivity index (χ1) is 4.77. The summed E-state index contributed by atoms with van der Waals surface area (Å²) in [6.45, 7) is 2.74. The van der Waals surface area contributed by atoms with Gasteiger partial charge in [-0.2, -0.15) is 0 Å². The maximum Gasteiger partial charge on any atom is 0.261 e. The van der Waals surface area contributed by atoms with Gasteiger partial charge in [-0.05, 0) is 18.6 Å². The Morgan fingerprint density at radius 3 is 3.20 bits per heavy atom. The molecule has 0 saturated carbocycles. The Labute approximate surface area is 62.9 Å². The molecule has 0 bridgehead atoms. The molecular formula is C7H7NOS. The largest absolute Gasteiger partial charge is 0.347 e. The molecule has 0 saturated heterocycles. The van der Waals surface area contributed by atoms with Gasteiger partial charge in [0.05, 0.1) is 4.88 Å². The summed E-state index contributed by atoms with van der Waals surface area (Å²) in [5.74, 6) is 0.0908. The first-order valence-corrected chi connectivity index (χ1v) is 3.96. The number of rotatable bonds is 0. The highest BCUT2D eigenvalue weighted by molar-refractivity contribution is 7.14. The van der Waals surface area contributed by atoms with E-state index in [4.69, 9.17) is 0 Å². The first kappa shape index (κ1) is 5.92. The van der Waals surface area contributed by atoms with E-state index in [2.05, 4.69) is 11.4 Å². The highest BCUT2D eigenvalue weighted by atomic mass is 32.1. The zero-order chi connectivity index (χ0) is 7.14. The van der Waals surface area contributed by atoms with E-state index >= 15 is 0 Å². The van der Waals surface area contributed by atoms with Crippen molar-refractivity contribution < 1.29 is 4.79 Å². The monoisotopic (exact) mass is 153 g/mol. The lowest BCUT2D eigenvalue weighted by Crippen LogP contribution is -2.12. The third kappa shape index (κ3) is 0.671. The van der Waals surface area contributed by atoms with Crippen LogP contribution in [0.4, 0.5) is 0 Å². The van der Waals surface area contributed by atoms with Crippen LogP contribution in [0.25, 0.3) is 0 Å². The van der Waals surface area contributed by atoms with Crippen molar-refractivity contribution in [2.75, 3.05) is 0 Å². The molecule has 0 radical (unpaired) electrons. The molecule has 0 atom stereocenters. The molecule has 0 aliphatic carbocycles. The van der Waals surface area contributed by atoms with E-state index in [1.165, 1.54) is 4.88 Å². The minimum absolute atomic E-state index is 0.0908. The fraction of sp³-hybridized carbons (Fsp3) is 0.286. The molecular weight excluding hydrogens is 146 g/mol. The second kappa shape index (κ2) is 1.83. The zero-order valence-corrected chi connectivity index (χ0v) is 6.42. The molecule has 1 aliphatic rings. The molecule has 1 aliphatic heterocycles. The second-order valence-corrected chi connectivity index (χ2v) is 3.65. The minimum atomic E-state index is 0.0908. The summed E-state index contributed by atoms with van der Waals surface area (Å²) in [7, 11) is 0. The quantitative estimate of drug-likeness (QED) is 0.598. The molecule has 1 N–H and O–H groups in total. The molecule has 2 nitrogen and oxygen atoms in total. The Morgan fingerprint density at radius 1 is 1.70 bits per heavy atom. The number of hydrogen-bond acceptors (Lipinski definition) is 2. The summed E-state index contributed by atoms with van der Waals surface area (Å²) in [5.41, 5.74) is 1.16. The van der Waals surface area contributed by atoms with Crippen LogP contribution < -0.4 is 5.32 Å². The predicted octanol–water partition coefficient (Wildman–Crippen LogP) is 1.30. The number of aryl methyl sites for hydroxylation is 1. The van der Waals surface area contributed by atoms with Gasteiger partial charge in [0.2, 0.25) is 0 Å². The van der Waals surface area contributed by atoms with Crippen LogP contribution in [0.3, 0.4) is 0 Å². The average Bonchev–Trinajstić information content (AvgIpc) is 2.35. The molecule has 52 valence electrons. The first-order valence-electron chi connectivity index (χ1n) is 3.15. The van der Waals surface area contributed by atoms with Gasteiger partial charge in [-0.3, -0.25) is 4.79 Å². The lowest BCUT2D eigenvalue weighted by molar-refractivity contribution is 0.0969. The summed E-state index contributed by atoms with van der Waals surface area (Å²) in [6, 6.07) is 2.07.